The normalized spacial score (nSPS) is 16.6. The van der Waals surface area contributed by atoms with Crippen molar-refractivity contribution in [1.82, 2.24) is 9.80 Å². The van der Waals surface area contributed by atoms with Crippen LogP contribution in [-0.4, -0.2) is 53.7 Å². The number of ketones is 1. The molecule has 0 radical (unpaired) electrons. The van der Waals surface area contributed by atoms with Crippen LogP contribution in [0.4, 0.5) is 0 Å². The van der Waals surface area contributed by atoms with Crippen LogP contribution < -0.4 is 0 Å². The Morgan fingerprint density at radius 1 is 1.25 bits per heavy atom. The number of nitrogens with zero attached hydrogens (tertiary/aromatic N) is 2. The fourth-order valence-corrected chi connectivity index (χ4v) is 4.37. The second-order valence-corrected chi connectivity index (χ2v) is 8.58. The zero-order valence-corrected chi connectivity index (χ0v) is 16.4. The molecule has 0 unspecified atom stereocenters. The fourth-order valence-electron chi connectivity index (χ4n) is 3.43. The van der Waals surface area contributed by atoms with Crippen molar-refractivity contribution < 1.29 is 9.59 Å². The van der Waals surface area contributed by atoms with E-state index in [1.165, 1.54) is 0 Å². The lowest BCUT2D eigenvalue weighted by molar-refractivity contribution is -0.132. The number of aryl methyl sites for hydroxylation is 2. The van der Waals surface area contributed by atoms with Gasteiger partial charge in [-0.05, 0) is 46.6 Å². The Bertz CT molecular complexity index is 586. The predicted molar refractivity (Wildman–Crippen MR) is 99.9 cm³/mol. The number of Topliss-reactive ketones (excluding diaryl/α,β-unsaturated/α-hetero) is 1. The molecule has 2 rings (SSSR count). The number of amides is 1. The minimum absolute atomic E-state index is 0.0910. The number of piperidine rings is 1. The van der Waals surface area contributed by atoms with Crippen molar-refractivity contribution in [2.75, 3.05) is 20.1 Å². The van der Waals surface area contributed by atoms with Crippen molar-refractivity contribution in [3.05, 3.63) is 21.4 Å². The van der Waals surface area contributed by atoms with E-state index in [-0.39, 0.29) is 11.7 Å². The maximum Gasteiger partial charge on any atom is 0.223 e. The summed E-state index contributed by atoms with van der Waals surface area (Å²) in [5, 5.41) is 0. The van der Waals surface area contributed by atoms with Crippen LogP contribution in [0, 0.1) is 13.8 Å². The quantitative estimate of drug-likeness (QED) is 0.735. The summed E-state index contributed by atoms with van der Waals surface area (Å²) in [6.45, 7) is 10.5. The molecule has 0 aliphatic carbocycles. The zero-order valence-electron chi connectivity index (χ0n) is 15.6. The molecular formula is C19H30N2O2S. The van der Waals surface area contributed by atoms with Crippen LogP contribution in [0.25, 0.3) is 0 Å². The third-order valence-electron chi connectivity index (χ3n) is 5.08. The third kappa shape index (κ3) is 4.67. The first-order valence-electron chi connectivity index (χ1n) is 8.89. The predicted octanol–water partition coefficient (Wildman–Crippen LogP) is 3.66. The van der Waals surface area contributed by atoms with Crippen LogP contribution in [0.5, 0.6) is 0 Å². The Balaban J connectivity index is 1.82. The van der Waals surface area contributed by atoms with Gasteiger partial charge in [-0.3, -0.25) is 9.59 Å². The van der Waals surface area contributed by atoms with E-state index in [0.717, 1.165) is 41.2 Å². The van der Waals surface area contributed by atoms with E-state index >= 15 is 0 Å². The molecule has 1 saturated heterocycles. The maximum absolute atomic E-state index is 12.4. The zero-order chi connectivity index (χ0) is 17.9. The molecule has 1 aliphatic rings. The molecule has 0 bridgehead atoms. The van der Waals surface area contributed by atoms with Gasteiger partial charge in [-0.1, -0.05) is 0 Å². The summed E-state index contributed by atoms with van der Waals surface area (Å²) in [7, 11) is 1.89. The average Bonchev–Trinajstić information content (AvgIpc) is 2.90. The van der Waals surface area contributed by atoms with Crippen LogP contribution in [0.1, 0.15) is 59.6 Å². The van der Waals surface area contributed by atoms with Gasteiger partial charge in [-0.2, -0.15) is 0 Å². The van der Waals surface area contributed by atoms with E-state index < -0.39 is 0 Å². The summed E-state index contributed by atoms with van der Waals surface area (Å²) in [4.78, 5) is 31.3. The van der Waals surface area contributed by atoms with Gasteiger partial charge in [0.2, 0.25) is 5.91 Å². The van der Waals surface area contributed by atoms with E-state index in [1.54, 1.807) is 11.3 Å². The summed E-state index contributed by atoms with van der Waals surface area (Å²) in [5.74, 6) is 0.184. The van der Waals surface area contributed by atoms with E-state index in [4.69, 9.17) is 0 Å². The van der Waals surface area contributed by atoms with Gasteiger partial charge in [-0.15, -0.1) is 11.3 Å². The molecule has 1 amide bonds. The van der Waals surface area contributed by atoms with E-state index in [9.17, 15) is 9.59 Å². The van der Waals surface area contributed by atoms with Crippen LogP contribution in [0.3, 0.4) is 0 Å². The van der Waals surface area contributed by atoms with Gasteiger partial charge in [0.25, 0.3) is 0 Å². The highest BCUT2D eigenvalue weighted by atomic mass is 32.1. The maximum atomic E-state index is 12.4. The number of thiophene rings is 1. The summed E-state index contributed by atoms with van der Waals surface area (Å²) >= 11 is 1.64. The van der Waals surface area contributed by atoms with Crippen LogP contribution in [0.15, 0.2) is 6.07 Å². The SMILES string of the molecule is Cc1cc(C(=O)CCC(=O)N(C)C2CCN(C(C)C)CC2)c(C)s1. The van der Waals surface area contributed by atoms with Crippen molar-refractivity contribution >= 4 is 23.0 Å². The molecule has 134 valence electrons. The monoisotopic (exact) mass is 350 g/mol. The second-order valence-electron chi connectivity index (χ2n) is 7.12. The molecule has 1 aromatic rings. The lowest BCUT2D eigenvalue weighted by atomic mass is 10.0. The first kappa shape index (κ1) is 19.1. The summed E-state index contributed by atoms with van der Waals surface area (Å²) < 4.78 is 0. The highest BCUT2D eigenvalue weighted by Gasteiger charge is 2.26. The van der Waals surface area contributed by atoms with Gasteiger partial charge in [0.15, 0.2) is 5.78 Å². The molecule has 0 spiro atoms. The van der Waals surface area contributed by atoms with Crippen LogP contribution in [-0.2, 0) is 4.79 Å². The minimum Gasteiger partial charge on any atom is -0.343 e. The number of carbonyl (C=O) groups excluding carboxylic acids is 2. The number of hydrogen-bond donors (Lipinski definition) is 0. The van der Waals surface area contributed by atoms with Gasteiger partial charge in [0, 0.05) is 60.4 Å². The minimum atomic E-state index is 0.0910. The van der Waals surface area contributed by atoms with Crippen LogP contribution in [0.2, 0.25) is 0 Å². The Hall–Kier alpha value is -1.20. The Kier molecular flexibility index (Phi) is 6.58. The second kappa shape index (κ2) is 8.26. The molecular weight excluding hydrogens is 320 g/mol. The molecule has 5 heteroatoms. The Morgan fingerprint density at radius 2 is 1.88 bits per heavy atom. The fraction of sp³-hybridized carbons (Fsp3) is 0.684. The number of likely N-dealkylation sites (tertiary alicyclic amines) is 1. The van der Waals surface area contributed by atoms with E-state index in [1.807, 2.05) is 31.9 Å². The lowest BCUT2D eigenvalue weighted by Gasteiger charge is -2.38. The molecule has 0 N–H and O–H groups in total. The molecule has 2 heterocycles. The van der Waals surface area contributed by atoms with Crippen molar-refractivity contribution in [2.45, 2.75) is 65.5 Å². The highest BCUT2D eigenvalue weighted by Crippen LogP contribution is 2.23. The number of carbonyl (C=O) groups is 2. The van der Waals surface area contributed by atoms with Crippen LogP contribution >= 0.6 is 11.3 Å². The number of rotatable bonds is 6. The standard InChI is InChI=1S/C19H30N2O2S/c1-13(2)21-10-8-16(9-11-21)20(5)19(23)7-6-18(22)17-12-14(3)24-15(17)4/h12-13,16H,6-11H2,1-5H3. The third-order valence-corrected chi connectivity index (χ3v) is 6.04. The van der Waals surface area contributed by atoms with Gasteiger partial charge in [0.05, 0.1) is 0 Å². The van der Waals surface area contributed by atoms with Crippen molar-refractivity contribution in [3.63, 3.8) is 0 Å². The van der Waals surface area contributed by atoms with E-state index in [2.05, 4.69) is 18.7 Å². The first-order valence-corrected chi connectivity index (χ1v) is 9.71. The van der Waals surface area contributed by atoms with Gasteiger partial charge in [-0.25, -0.2) is 0 Å². The lowest BCUT2D eigenvalue weighted by Crippen LogP contribution is -2.47. The Morgan fingerprint density at radius 3 is 2.38 bits per heavy atom. The average molecular weight is 351 g/mol. The molecule has 24 heavy (non-hydrogen) atoms. The topological polar surface area (TPSA) is 40.6 Å². The summed E-state index contributed by atoms with van der Waals surface area (Å²) in [5.41, 5.74) is 0.790. The van der Waals surface area contributed by atoms with Gasteiger partial charge >= 0.3 is 0 Å². The van der Waals surface area contributed by atoms with Crippen molar-refractivity contribution in [3.8, 4) is 0 Å². The highest BCUT2D eigenvalue weighted by molar-refractivity contribution is 7.12. The first-order chi connectivity index (χ1) is 11.3. The summed E-state index contributed by atoms with van der Waals surface area (Å²) in [6.07, 6.45) is 2.67. The van der Waals surface area contributed by atoms with Gasteiger partial charge in [0.1, 0.15) is 0 Å². The molecule has 4 nitrogen and oxygen atoms in total. The summed E-state index contributed by atoms with van der Waals surface area (Å²) in [6, 6.07) is 2.83. The van der Waals surface area contributed by atoms with Crippen molar-refractivity contribution in [2.24, 2.45) is 0 Å². The molecule has 0 saturated carbocycles. The molecule has 1 aromatic heterocycles. The number of hydrogen-bond acceptors (Lipinski definition) is 4. The largest absolute Gasteiger partial charge is 0.343 e. The van der Waals surface area contributed by atoms with Gasteiger partial charge < -0.3 is 9.80 Å². The smallest absolute Gasteiger partial charge is 0.223 e. The molecule has 0 atom stereocenters. The molecule has 1 fully saturated rings. The van der Waals surface area contributed by atoms with E-state index in [0.29, 0.717) is 24.9 Å². The molecule has 0 aromatic carbocycles. The van der Waals surface area contributed by atoms with Crippen molar-refractivity contribution in [1.29, 1.82) is 0 Å². The Labute approximate surface area is 149 Å². The molecule has 1 aliphatic heterocycles.